The molecule has 2 N–H and O–H groups in total. The molecule has 0 radical (unpaired) electrons. The Morgan fingerprint density at radius 1 is 1.19 bits per heavy atom. The molecule has 7 heteroatoms. The largest absolute Gasteiger partial charge is 0.346 e. The second-order valence-electron chi connectivity index (χ2n) is 8.26. The fraction of sp³-hybridized carbons (Fsp3) is 0.333. The molecular formula is C24H24N6O. The lowest BCUT2D eigenvalue weighted by molar-refractivity contribution is -0.115. The van der Waals surface area contributed by atoms with Crippen molar-refractivity contribution in [1.29, 1.82) is 5.26 Å². The van der Waals surface area contributed by atoms with E-state index in [-0.39, 0.29) is 18.4 Å². The molecule has 0 atom stereocenters. The van der Waals surface area contributed by atoms with Gasteiger partial charge in [-0.15, -0.1) is 0 Å². The second kappa shape index (κ2) is 8.23. The third-order valence-corrected chi connectivity index (χ3v) is 6.24. The number of hydrogen-bond donors (Lipinski definition) is 2. The molecule has 1 saturated carbocycles. The van der Waals surface area contributed by atoms with E-state index in [0.717, 1.165) is 59.3 Å². The lowest BCUT2D eigenvalue weighted by Gasteiger charge is -2.30. The number of aromatic nitrogens is 4. The SMILES string of the molecule is N#CC[C@H]1CC[C@H](n2c(CC(=O)Nc3ccccc3)nc3cnc4[nH]ccc4c32)CC1. The van der Waals surface area contributed by atoms with Crippen molar-refractivity contribution in [1.82, 2.24) is 19.5 Å². The van der Waals surface area contributed by atoms with Crippen molar-refractivity contribution in [3.05, 3.63) is 54.6 Å². The summed E-state index contributed by atoms with van der Waals surface area (Å²) in [5.41, 5.74) is 3.46. The lowest BCUT2D eigenvalue weighted by atomic mass is 9.84. The zero-order chi connectivity index (χ0) is 21.2. The minimum absolute atomic E-state index is 0.0841. The van der Waals surface area contributed by atoms with Gasteiger partial charge in [0, 0.05) is 29.7 Å². The number of rotatable bonds is 5. The van der Waals surface area contributed by atoms with Gasteiger partial charge < -0.3 is 14.9 Å². The predicted octanol–water partition coefficient (Wildman–Crippen LogP) is 4.74. The normalized spacial score (nSPS) is 18.8. The van der Waals surface area contributed by atoms with E-state index in [9.17, 15) is 4.79 Å². The van der Waals surface area contributed by atoms with Crippen LogP contribution in [-0.2, 0) is 11.2 Å². The molecule has 3 aromatic heterocycles. The topological polar surface area (TPSA) is 99.4 Å². The van der Waals surface area contributed by atoms with E-state index in [4.69, 9.17) is 10.2 Å². The van der Waals surface area contributed by atoms with Crippen LogP contribution < -0.4 is 5.32 Å². The van der Waals surface area contributed by atoms with Crippen LogP contribution in [0.2, 0.25) is 0 Å². The number of benzene rings is 1. The van der Waals surface area contributed by atoms with Crippen LogP contribution >= 0.6 is 0 Å². The van der Waals surface area contributed by atoms with Crippen LogP contribution in [0.1, 0.15) is 44.0 Å². The number of nitriles is 1. The third kappa shape index (κ3) is 3.77. The molecule has 0 saturated heterocycles. The van der Waals surface area contributed by atoms with Crippen molar-refractivity contribution in [3.8, 4) is 6.07 Å². The summed E-state index contributed by atoms with van der Waals surface area (Å²) in [5.74, 6) is 1.15. The van der Waals surface area contributed by atoms with E-state index in [1.54, 1.807) is 6.20 Å². The molecule has 156 valence electrons. The molecule has 7 nitrogen and oxygen atoms in total. The van der Waals surface area contributed by atoms with Gasteiger partial charge in [-0.25, -0.2) is 9.97 Å². The number of hydrogen-bond acceptors (Lipinski definition) is 4. The third-order valence-electron chi connectivity index (χ3n) is 6.24. The van der Waals surface area contributed by atoms with Crippen molar-refractivity contribution in [2.24, 2.45) is 5.92 Å². The molecule has 31 heavy (non-hydrogen) atoms. The highest BCUT2D eigenvalue weighted by atomic mass is 16.1. The summed E-state index contributed by atoms with van der Waals surface area (Å²) in [5, 5.41) is 13.0. The summed E-state index contributed by atoms with van der Waals surface area (Å²) in [6.07, 6.45) is 8.51. The van der Waals surface area contributed by atoms with Gasteiger partial charge in [-0.1, -0.05) is 18.2 Å². The van der Waals surface area contributed by atoms with Gasteiger partial charge in [-0.2, -0.15) is 5.26 Å². The van der Waals surface area contributed by atoms with Gasteiger partial charge in [-0.05, 0) is 49.8 Å². The molecule has 1 aromatic carbocycles. The number of amides is 1. The minimum Gasteiger partial charge on any atom is -0.346 e. The maximum absolute atomic E-state index is 12.8. The number of anilines is 1. The number of fused-ring (bicyclic) bond motifs is 3. The van der Waals surface area contributed by atoms with Crippen molar-refractivity contribution in [2.75, 3.05) is 5.32 Å². The zero-order valence-electron chi connectivity index (χ0n) is 17.2. The average Bonchev–Trinajstić information content (AvgIpc) is 3.39. The Labute approximate surface area is 180 Å². The maximum Gasteiger partial charge on any atom is 0.231 e. The number of nitrogens with zero attached hydrogens (tertiary/aromatic N) is 4. The van der Waals surface area contributed by atoms with Crippen LogP contribution in [0.25, 0.3) is 22.1 Å². The van der Waals surface area contributed by atoms with E-state index in [1.165, 1.54) is 0 Å². The Hall–Kier alpha value is -3.66. The summed E-state index contributed by atoms with van der Waals surface area (Å²) >= 11 is 0. The first-order valence-electron chi connectivity index (χ1n) is 10.8. The molecule has 5 rings (SSSR count). The Balaban J connectivity index is 1.51. The summed E-state index contributed by atoms with van der Waals surface area (Å²) < 4.78 is 2.26. The van der Waals surface area contributed by atoms with E-state index in [2.05, 4.69) is 25.9 Å². The Kier molecular flexibility index (Phi) is 5.13. The smallest absolute Gasteiger partial charge is 0.231 e. The highest BCUT2D eigenvalue weighted by Crippen LogP contribution is 2.38. The molecule has 1 aliphatic carbocycles. The van der Waals surface area contributed by atoms with Crippen LogP contribution in [0, 0.1) is 17.2 Å². The summed E-state index contributed by atoms with van der Waals surface area (Å²) in [4.78, 5) is 25.3. The quantitative estimate of drug-likeness (QED) is 0.494. The molecule has 4 aromatic rings. The van der Waals surface area contributed by atoms with E-state index in [0.29, 0.717) is 12.3 Å². The van der Waals surface area contributed by atoms with Gasteiger partial charge >= 0.3 is 0 Å². The molecule has 0 spiro atoms. The number of nitrogens with one attached hydrogen (secondary N) is 2. The Morgan fingerprint density at radius 3 is 2.77 bits per heavy atom. The summed E-state index contributed by atoms with van der Waals surface area (Å²) in [6, 6.07) is 14.1. The first-order valence-corrected chi connectivity index (χ1v) is 10.8. The molecule has 3 heterocycles. The van der Waals surface area contributed by atoms with Crippen molar-refractivity contribution >= 4 is 33.7 Å². The van der Waals surface area contributed by atoms with Gasteiger partial charge in [0.25, 0.3) is 0 Å². The Morgan fingerprint density at radius 2 is 2.00 bits per heavy atom. The summed E-state index contributed by atoms with van der Waals surface area (Å²) in [6.45, 7) is 0. The van der Waals surface area contributed by atoms with Gasteiger partial charge in [0.05, 0.1) is 24.2 Å². The van der Waals surface area contributed by atoms with Crippen LogP contribution in [0.15, 0.2) is 48.8 Å². The monoisotopic (exact) mass is 412 g/mol. The number of pyridine rings is 1. The Bertz CT molecular complexity index is 1260. The molecule has 0 aliphatic heterocycles. The number of H-pyrrole nitrogens is 1. The van der Waals surface area contributed by atoms with Gasteiger partial charge in [-0.3, -0.25) is 4.79 Å². The minimum atomic E-state index is -0.0841. The standard InChI is InChI=1S/C24H24N6O/c25-12-10-16-6-8-18(9-7-16)30-21(14-22(31)28-17-4-2-1-3-5-17)29-20-15-27-24-19(23(20)30)11-13-26-24/h1-5,11,13,15-16,18H,6-10,14H2,(H,26,27)(H,28,31)/t16-,18-. The van der Waals surface area contributed by atoms with Crippen molar-refractivity contribution in [2.45, 2.75) is 44.6 Å². The summed E-state index contributed by atoms with van der Waals surface area (Å²) in [7, 11) is 0. The highest BCUT2D eigenvalue weighted by molar-refractivity contribution is 6.02. The molecule has 0 unspecified atom stereocenters. The molecule has 0 bridgehead atoms. The molecular weight excluding hydrogens is 388 g/mol. The highest BCUT2D eigenvalue weighted by Gasteiger charge is 2.27. The van der Waals surface area contributed by atoms with E-state index in [1.807, 2.05) is 42.6 Å². The van der Waals surface area contributed by atoms with Crippen molar-refractivity contribution in [3.63, 3.8) is 0 Å². The second-order valence-corrected chi connectivity index (χ2v) is 8.26. The van der Waals surface area contributed by atoms with Gasteiger partial charge in [0.2, 0.25) is 5.91 Å². The van der Waals surface area contributed by atoms with Gasteiger partial charge in [0.15, 0.2) is 0 Å². The fourth-order valence-electron chi connectivity index (χ4n) is 4.76. The molecule has 1 fully saturated rings. The first kappa shape index (κ1) is 19.3. The van der Waals surface area contributed by atoms with Crippen LogP contribution in [-0.4, -0.2) is 25.4 Å². The number of carbonyl (C=O) groups excluding carboxylic acids is 1. The first-order chi connectivity index (χ1) is 15.2. The molecule has 1 amide bonds. The van der Waals surface area contributed by atoms with Crippen LogP contribution in [0.3, 0.4) is 0 Å². The zero-order valence-corrected chi connectivity index (χ0v) is 17.2. The van der Waals surface area contributed by atoms with E-state index >= 15 is 0 Å². The number of aromatic amines is 1. The maximum atomic E-state index is 12.8. The predicted molar refractivity (Wildman–Crippen MR) is 119 cm³/mol. The number of carbonyl (C=O) groups is 1. The number of imidazole rings is 1. The van der Waals surface area contributed by atoms with Gasteiger partial charge in [0.1, 0.15) is 17.0 Å². The fourth-order valence-corrected chi connectivity index (χ4v) is 4.76. The molecule has 1 aliphatic rings. The van der Waals surface area contributed by atoms with E-state index < -0.39 is 0 Å². The van der Waals surface area contributed by atoms with Crippen molar-refractivity contribution < 1.29 is 4.79 Å². The lowest BCUT2D eigenvalue weighted by Crippen LogP contribution is -2.23. The number of para-hydroxylation sites is 1. The van der Waals surface area contributed by atoms with Crippen LogP contribution in [0.5, 0.6) is 0 Å². The van der Waals surface area contributed by atoms with Crippen LogP contribution in [0.4, 0.5) is 5.69 Å². The average molecular weight is 412 g/mol.